The van der Waals surface area contributed by atoms with E-state index >= 15 is 0 Å². The largest absolute Gasteiger partial charge is 0.379 e. The number of halogens is 4. The standard InChI is InChI=1S/C18H17BrClF2N3S2/c19-14-15-16(27-17(14)13-10(23)4-1-5-18(13,21)22)11(7-12(20)25-15)24-8-9-3-2-6-26-9/h2-3,6-7,10,13H,1,4-5,8,23H2,(H,24,25)/t10-,13+/m1/s1. The lowest BCUT2D eigenvalue weighted by Gasteiger charge is -2.35. The Labute approximate surface area is 177 Å². The lowest BCUT2D eigenvalue weighted by Crippen LogP contribution is -2.43. The Morgan fingerprint density at radius 3 is 2.96 bits per heavy atom. The molecule has 1 fully saturated rings. The van der Waals surface area contributed by atoms with E-state index in [4.69, 9.17) is 17.3 Å². The van der Waals surface area contributed by atoms with Crippen molar-refractivity contribution < 1.29 is 8.78 Å². The first-order valence-corrected chi connectivity index (χ1v) is 11.4. The molecule has 1 aliphatic rings. The quantitative estimate of drug-likeness (QED) is 0.403. The maximum absolute atomic E-state index is 14.7. The number of hydrogen-bond donors (Lipinski definition) is 2. The molecule has 1 saturated carbocycles. The topological polar surface area (TPSA) is 50.9 Å². The molecule has 3 N–H and O–H groups in total. The Morgan fingerprint density at radius 1 is 1.44 bits per heavy atom. The first kappa shape index (κ1) is 19.5. The minimum Gasteiger partial charge on any atom is -0.379 e. The maximum Gasteiger partial charge on any atom is 0.257 e. The summed E-state index contributed by atoms with van der Waals surface area (Å²) in [6.45, 7) is 0.636. The van der Waals surface area contributed by atoms with Gasteiger partial charge in [-0.3, -0.25) is 0 Å². The van der Waals surface area contributed by atoms with Crippen molar-refractivity contribution in [3.05, 3.63) is 43.0 Å². The zero-order chi connectivity index (χ0) is 19.2. The molecule has 3 aromatic heterocycles. The van der Waals surface area contributed by atoms with Crippen molar-refractivity contribution >= 4 is 66.1 Å². The summed E-state index contributed by atoms with van der Waals surface area (Å²) in [6.07, 6.45) is 0.910. The summed E-state index contributed by atoms with van der Waals surface area (Å²) < 4.78 is 30.7. The van der Waals surface area contributed by atoms with Gasteiger partial charge < -0.3 is 11.1 Å². The molecule has 3 aromatic rings. The summed E-state index contributed by atoms with van der Waals surface area (Å²) in [7, 11) is 0. The molecule has 0 bridgehead atoms. The average Bonchev–Trinajstić information content (AvgIpc) is 3.22. The van der Waals surface area contributed by atoms with Crippen molar-refractivity contribution in [1.82, 2.24) is 4.98 Å². The predicted octanol–water partition coefficient (Wildman–Crippen LogP) is 6.62. The van der Waals surface area contributed by atoms with Crippen molar-refractivity contribution in [2.24, 2.45) is 5.73 Å². The number of nitrogens with two attached hydrogens (primary N) is 1. The smallest absolute Gasteiger partial charge is 0.257 e. The molecule has 1 aliphatic carbocycles. The van der Waals surface area contributed by atoms with Crippen LogP contribution in [0.4, 0.5) is 14.5 Å². The number of fused-ring (bicyclic) bond motifs is 1. The molecule has 0 unspecified atom stereocenters. The number of nitrogens with one attached hydrogen (secondary N) is 1. The molecule has 0 radical (unpaired) electrons. The highest BCUT2D eigenvalue weighted by molar-refractivity contribution is 9.10. The van der Waals surface area contributed by atoms with E-state index in [0.717, 1.165) is 10.4 Å². The Bertz CT molecular complexity index is 961. The van der Waals surface area contributed by atoms with E-state index in [-0.39, 0.29) is 6.42 Å². The number of rotatable bonds is 4. The number of anilines is 1. The van der Waals surface area contributed by atoms with Gasteiger partial charge in [0.25, 0.3) is 5.92 Å². The van der Waals surface area contributed by atoms with Crippen LogP contribution in [0.25, 0.3) is 10.2 Å². The summed E-state index contributed by atoms with van der Waals surface area (Å²) in [6, 6.07) is 5.19. The van der Waals surface area contributed by atoms with Crippen molar-refractivity contribution in [2.45, 2.75) is 43.7 Å². The molecular weight excluding hydrogens is 476 g/mol. The van der Waals surface area contributed by atoms with Crippen LogP contribution in [-0.2, 0) is 6.54 Å². The minimum atomic E-state index is -2.82. The highest BCUT2D eigenvalue weighted by Crippen LogP contribution is 2.51. The Morgan fingerprint density at radius 2 is 2.26 bits per heavy atom. The Kier molecular flexibility index (Phi) is 5.46. The third-order valence-corrected chi connectivity index (χ3v) is 8.25. The Balaban J connectivity index is 1.77. The molecule has 0 aromatic carbocycles. The molecule has 4 rings (SSSR count). The van der Waals surface area contributed by atoms with Gasteiger partial charge >= 0.3 is 0 Å². The first-order chi connectivity index (χ1) is 12.9. The zero-order valence-corrected chi connectivity index (χ0v) is 18.1. The number of thiophene rings is 2. The van der Waals surface area contributed by atoms with Crippen molar-refractivity contribution in [2.75, 3.05) is 5.32 Å². The SMILES string of the molecule is N[C@@H]1CCCC(F)(F)[C@@H]1c1sc2c(NCc3cccs3)cc(Cl)nc2c1Br. The molecule has 3 heterocycles. The van der Waals surface area contributed by atoms with Gasteiger partial charge in [0.2, 0.25) is 0 Å². The fourth-order valence-corrected chi connectivity index (χ4v) is 6.66. The van der Waals surface area contributed by atoms with Crippen molar-refractivity contribution in [3.63, 3.8) is 0 Å². The number of hydrogen-bond acceptors (Lipinski definition) is 5. The van der Waals surface area contributed by atoms with Gasteiger partial charge in [-0.1, -0.05) is 17.7 Å². The monoisotopic (exact) mass is 491 g/mol. The van der Waals surface area contributed by atoms with Crippen molar-refractivity contribution in [1.29, 1.82) is 0 Å². The van der Waals surface area contributed by atoms with Crippen LogP contribution in [0.3, 0.4) is 0 Å². The molecule has 3 nitrogen and oxygen atoms in total. The molecule has 0 saturated heterocycles. The summed E-state index contributed by atoms with van der Waals surface area (Å²) in [5.74, 6) is -3.83. The molecule has 0 aliphatic heterocycles. The summed E-state index contributed by atoms with van der Waals surface area (Å²) >= 11 is 12.7. The second-order valence-electron chi connectivity index (χ2n) is 6.68. The van der Waals surface area contributed by atoms with Gasteiger partial charge in [0.1, 0.15) is 5.15 Å². The molecular formula is C18H17BrClF2N3S2. The van der Waals surface area contributed by atoms with E-state index in [2.05, 4.69) is 26.2 Å². The highest BCUT2D eigenvalue weighted by Gasteiger charge is 2.48. The number of pyridine rings is 1. The molecule has 27 heavy (non-hydrogen) atoms. The molecule has 9 heteroatoms. The van der Waals surface area contributed by atoms with Gasteiger partial charge in [-0.2, -0.15) is 0 Å². The van der Waals surface area contributed by atoms with E-state index < -0.39 is 17.9 Å². The van der Waals surface area contributed by atoms with E-state index in [1.165, 1.54) is 16.2 Å². The molecule has 0 spiro atoms. The molecule has 144 valence electrons. The fraction of sp³-hybridized carbons (Fsp3) is 0.389. The molecule has 0 amide bonds. The second-order valence-corrected chi connectivity index (χ2v) is 9.94. The van der Waals surface area contributed by atoms with Gasteiger partial charge in [-0.25, -0.2) is 13.8 Å². The second kappa shape index (κ2) is 7.55. The van der Waals surface area contributed by atoms with Crippen molar-refractivity contribution in [3.8, 4) is 0 Å². The summed E-state index contributed by atoms with van der Waals surface area (Å²) in [4.78, 5) is 6.10. The third kappa shape index (κ3) is 3.74. The lowest BCUT2D eigenvalue weighted by atomic mass is 9.81. The summed E-state index contributed by atoms with van der Waals surface area (Å²) in [5.41, 5.74) is 7.51. The van der Waals surface area contributed by atoms with E-state index in [0.29, 0.717) is 39.4 Å². The van der Waals surface area contributed by atoms with Crippen LogP contribution < -0.4 is 11.1 Å². The predicted molar refractivity (Wildman–Crippen MR) is 113 cm³/mol. The average molecular weight is 493 g/mol. The van der Waals surface area contributed by atoms with Crippen LogP contribution in [0.2, 0.25) is 5.15 Å². The summed E-state index contributed by atoms with van der Waals surface area (Å²) in [5, 5.41) is 5.70. The minimum absolute atomic E-state index is 0.135. The number of aromatic nitrogens is 1. The lowest BCUT2D eigenvalue weighted by molar-refractivity contribution is -0.0603. The third-order valence-electron chi connectivity index (χ3n) is 4.82. The van der Waals surface area contributed by atoms with E-state index in [1.807, 2.05) is 17.5 Å². The van der Waals surface area contributed by atoms with Gasteiger partial charge in [0, 0.05) is 34.8 Å². The number of nitrogens with zero attached hydrogens (tertiary/aromatic N) is 1. The number of alkyl halides is 2. The highest BCUT2D eigenvalue weighted by atomic mass is 79.9. The van der Waals surface area contributed by atoms with Crippen LogP contribution in [-0.4, -0.2) is 16.9 Å². The fourth-order valence-electron chi connectivity index (χ4n) is 3.55. The van der Waals surface area contributed by atoms with Crippen LogP contribution in [0.5, 0.6) is 0 Å². The molecule has 2 atom stereocenters. The van der Waals surface area contributed by atoms with E-state index in [1.54, 1.807) is 17.4 Å². The van der Waals surface area contributed by atoms with Gasteiger partial charge in [-0.15, -0.1) is 22.7 Å². The van der Waals surface area contributed by atoms with Crippen LogP contribution >= 0.6 is 50.2 Å². The van der Waals surface area contributed by atoms with Crippen LogP contribution in [0.15, 0.2) is 28.1 Å². The van der Waals surface area contributed by atoms with Crippen LogP contribution in [0, 0.1) is 0 Å². The van der Waals surface area contributed by atoms with Gasteiger partial charge in [-0.05, 0) is 40.2 Å². The van der Waals surface area contributed by atoms with Crippen LogP contribution in [0.1, 0.15) is 34.9 Å². The maximum atomic E-state index is 14.7. The zero-order valence-electron chi connectivity index (χ0n) is 14.1. The van der Waals surface area contributed by atoms with Gasteiger partial charge in [0.05, 0.1) is 26.3 Å². The first-order valence-electron chi connectivity index (χ1n) is 8.55. The van der Waals surface area contributed by atoms with Gasteiger partial charge in [0.15, 0.2) is 0 Å². The normalized spacial score (nSPS) is 22.3. The Hall–Kier alpha value is -0.800. The van der Waals surface area contributed by atoms with E-state index in [9.17, 15) is 8.78 Å².